The van der Waals surface area contributed by atoms with Gasteiger partial charge in [0.05, 0.1) is 6.10 Å². The van der Waals surface area contributed by atoms with E-state index in [9.17, 15) is 9.59 Å². The molecule has 1 aliphatic heterocycles. The third-order valence-corrected chi connectivity index (χ3v) is 5.27. The number of amides is 1. The number of aliphatic hydroxyl groups excluding tert-OH is 1. The van der Waals surface area contributed by atoms with Crippen LogP contribution in [0.4, 0.5) is 0 Å². The molecule has 226 valence electrons. The van der Waals surface area contributed by atoms with E-state index in [1.54, 1.807) is 6.92 Å². The van der Waals surface area contributed by atoms with Crippen LogP contribution >= 0.6 is 0 Å². The Morgan fingerprint density at radius 3 is 1.81 bits per heavy atom. The quantitative estimate of drug-likeness (QED) is 0.276. The molecule has 1 saturated heterocycles. The molecule has 1 heterocycles. The summed E-state index contributed by atoms with van der Waals surface area (Å²) < 4.78 is 4.82. The van der Waals surface area contributed by atoms with Crippen molar-refractivity contribution in [1.82, 2.24) is 10.2 Å². The third kappa shape index (κ3) is 35.0. The minimum Gasteiger partial charge on any atom is -0.463 e. The molecule has 4 N–H and O–H groups in total. The molecular formula is C29H71N3O4. The van der Waals surface area contributed by atoms with Crippen LogP contribution in [0.1, 0.15) is 130 Å². The lowest BCUT2D eigenvalue weighted by Gasteiger charge is -2.22. The lowest BCUT2D eigenvalue weighted by atomic mass is 10.1. The van der Waals surface area contributed by atoms with Crippen LogP contribution in [-0.2, 0) is 14.3 Å². The molecule has 0 bridgehead atoms. The molecule has 1 amide bonds. The number of nitrogens with two attached hydrogens (primary N) is 1. The van der Waals surface area contributed by atoms with Gasteiger partial charge in [-0.15, -0.1) is 0 Å². The normalized spacial score (nSPS) is 14.4. The lowest BCUT2D eigenvalue weighted by molar-refractivity contribution is -0.146. The van der Waals surface area contributed by atoms with E-state index < -0.39 is 0 Å². The fraction of sp³-hybridized carbons (Fsp3) is 0.931. The highest BCUT2D eigenvalue weighted by molar-refractivity contribution is 5.78. The average molecular weight is 526 g/mol. The van der Waals surface area contributed by atoms with Crippen LogP contribution in [0.15, 0.2) is 0 Å². The summed E-state index contributed by atoms with van der Waals surface area (Å²) in [6.07, 6.45) is 6.03. The number of likely N-dealkylation sites (tertiary alicyclic amines) is 1. The van der Waals surface area contributed by atoms with Crippen LogP contribution < -0.4 is 11.1 Å². The minimum atomic E-state index is -0.357. The number of hydrogen-bond acceptors (Lipinski definition) is 6. The van der Waals surface area contributed by atoms with Crippen molar-refractivity contribution in [2.24, 2.45) is 11.7 Å². The first-order valence-corrected chi connectivity index (χ1v) is 12.5. The Labute approximate surface area is 228 Å². The monoisotopic (exact) mass is 526 g/mol. The largest absolute Gasteiger partial charge is 0.463 e. The van der Waals surface area contributed by atoms with Crippen molar-refractivity contribution in [3.8, 4) is 0 Å². The predicted octanol–water partition coefficient (Wildman–Crippen LogP) is 6.66. The van der Waals surface area contributed by atoms with Gasteiger partial charge in [0.15, 0.2) is 0 Å². The summed E-state index contributed by atoms with van der Waals surface area (Å²) in [4.78, 5) is 23.5. The SMILES string of the molecule is C.C.C.C.CCC(C)CN.CCC(C)N1CCCC1=O.CCC(O)CC(C)OC(C)=O.CCCNC. The molecule has 1 rings (SSSR count). The van der Waals surface area contributed by atoms with Crippen LogP contribution in [0.3, 0.4) is 0 Å². The van der Waals surface area contributed by atoms with E-state index in [1.807, 2.05) is 18.9 Å². The summed E-state index contributed by atoms with van der Waals surface area (Å²) >= 11 is 0. The first kappa shape index (κ1) is 51.5. The molecule has 0 aliphatic carbocycles. The number of hydrogen-bond donors (Lipinski definition) is 3. The zero-order chi connectivity index (χ0) is 25.5. The van der Waals surface area contributed by atoms with Gasteiger partial charge in [0.1, 0.15) is 6.10 Å². The summed E-state index contributed by atoms with van der Waals surface area (Å²) in [5.74, 6) is 0.764. The second kappa shape index (κ2) is 36.0. The standard InChI is InChI=1S/C8H15NO.C8H16O3.C5H13N.C4H11N.4CH4/c1-3-7(2)9-6-4-5-8(9)10;1-4-8(10)5-6(2)11-7(3)9;1-3-5(2)4-6;1-3-4-5-2;;;;/h7H,3-6H2,1-2H3;6,8,10H,4-5H2,1-3H3;5H,3-4,6H2,1-2H3;5H,3-4H2,1-2H3;4*1H4. The lowest BCUT2D eigenvalue weighted by Crippen LogP contribution is -2.33. The molecule has 0 aromatic rings. The topological polar surface area (TPSA) is 105 Å². The second-order valence-corrected chi connectivity index (χ2v) is 8.52. The number of nitrogens with zero attached hydrogens (tertiary/aromatic N) is 1. The van der Waals surface area contributed by atoms with Crippen molar-refractivity contribution < 1.29 is 19.4 Å². The van der Waals surface area contributed by atoms with Crippen molar-refractivity contribution >= 4 is 11.9 Å². The van der Waals surface area contributed by atoms with Gasteiger partial charge in [-0.3, -0.25) is 9.59 Å². The number of ether oxygens (including phenoxy) is 1. The number of nitrogens with one attached hydrogen (secondary N) is 1. The van der Waals surface area contributed by atoms with Crippen molar-refractivity contribution in [2.45, 2.75) is 148 Å². The predicted molar refractivity (Wildman–Crippen MR) is 162 cm³/mol. The maximum atomic E-state index is 11.1. The van der Waals surface area contributed by atoms with E-state index in [1.165, 1.54) is 19.8 Å². The maximum absolute atomic E-state index is 11.1. The Morgan fingerprint density at radius 2 is 1.58 bits per heavy atom. The van der Waals surface area contributed by atoms with E-state index in [0.29, 0.717) is 30.7 Å². The van der Waals surface area contributed by atoms with E-state index in [4.69, 9.17) is 15.6 Å². The molecule has 36 heavy (non-hydrogen) atoms. The van der Waals surface area contributed by atoms with Crippen LogP contribution in [0.2, 0.25) is 0 Å². The Balaban J connectivity index is -0.0000000627. The first-order valence-electron chi connectivity index (χ1n) is 12.5. The summed E-state index contributed by atoms with van der Waals surface area (Å²) in [5.41, 5.74) is 5.28. The van der Waals surface area contributed by atoms with Crippen molar-refractivity contribution in [1.29, 1.82) is 0 Å². The van der Waals surface area contributed by atoms with Gasteiger partial charge >= 0.3 is 5.97 Å². The number of aliphatic hydroxyl groups is 1. The molecular weight excluding hydrogens is 454 g/mol. The Morgan fingerprint density at radius 1 is 1.06 bits per heavy atom. The first-order chi connectivity index (χ1) is 15.0. The van der Waals surface area contributed by atoms with Crippen LogP contribution in [0.5, 0.6) is 0 Å². The fourth-order valence-corrected chi connectivity index (χ4v) is 2.65. The van der Waals surface area contributed by atoms with E-state index in [-0.39, 0.29) is 47.9 Å². The molecule has 0 spiro atoms. The highest BCUT2D eigenvalue weighted by Crippen LogP contribution is 2.14. The second-order valence-electron chi connectivity index (χ2n) is 8.52. The Kier molecular flexibility index (Phi) is 51.4. The number of rotatable bonds is 10. The number of carbonyl (C=O) groups excluding carboxylic acids is 2. The number of carbonyl (C=O) groups is 2. The van der Waals surface area contributed by atoms with Gasteiger partial charge in [-0.1, -0.05) is 70.7 Å². The molecule has 0 saturated carbocycles. The van der Waals surface area contributed by atoms with Crippen molar-refractivity contribution in [3.05, 3.63) is 0 Å². The van der Waals surface area contributed by atoms with E-state index in [0.717, 1.165) is 38.9 Å². The van der Waals surface area contributed by atoms with Gasteiger partial charge in [0, 0.05) is 32.4 Å². The molecule has 1 aliphatic rings. The van der Waals surface area contributed by atoms with Gasteiger partial charge in [0.2, 0.25) is 5.91 Å². The van der Waals surface area contributed by atoms with Gasteiger partial charge in [-0.25, -0.2) is 0 Å². The zero-order valence-electron chi connectivity index (χ0n) is 22.6. The molecule has 0 aromatic heterocycles. The van der Waals surface area contributed by atoms with E-state index in [2.05, 4.69) is 39.9 Å². The smallest absolute Gasteiger partial charge is 0.302 e. The summed E-state index contributed by atoms with van der Waals surface area (Å²) in [6, 6.07) is 0.454. The Bertz CT molecular complexity index is 431. The van der Waals surface area contributed by atoms with Gasteiger partial charge in [0.25, 0.3) is 0 Å². The van der Waals surface area contributed by atoms with Gasteiger partial charge in [-0.05, 0) is 65.6 Å². The average Bonchev–Trinajstić information content (AvgIpc) is 3.19. The Hall–Kier alpha value is -1.18. The molecule has 1 fully saturated rings. The van der Waals surface area contributed by atoms with Crippen LogP contribution in [0, 0.1) is 5.92 Å². The fourth-order valence-electron chi connectivity index (χ4n) is 2.65. The maximum Gasteiger partial charge on any atom is 0.302 e. The van der Waals surface area contributed by atoms with Crippen LogP contribution in [0.25, 0.3) is 0 Å². The molecule has 4 atom stereocenters. The van der Waals surface area contributed by atoms with Crippen LogP contribution in [-0.4, -0.2) is 66.8 Å². The van der Waals surface area contributed by atoms with Crippen molar-refractivity contribution in [2.75, 3.05) is 26.7 Å². The highest BCUT2D eigenvalue weighted by atomic mass is 16.5. The van der Waals surface area contributed by atoms with Gasteiger partial charge < -0.3 is 25.8 Å². The summed E-state index contributed by atoms with van der Waals surface area (Å²) in [7, 11) is 1.96. The third-order valence-electron chi connectivity index (χ3n) is 5.27. The van der Waals surface area contributed by atoms with E-state index >= 15 is 0 Å². The molecule has 0 aromatic carbocycles. The van der Waals surface area contributed by atoms with Crippen molar-refractivity contribution in [3.63, 3.8) is 0 Å². The molecule has 7 heteroatoms. The summed E-state index contributed by atoms with van der Waals surface area (Å²) in [6.45, 7) is 18.7. The minimum absolute atomic E-state index is 0. The zero-order valence-corrected chi connectivity index (χ0v) is 22.6. The number of esters is 1. The van der Waals surface area contributed by atoms with Gasteiger partial charge in [-0.2, -0.15) is 0 Å². The molecule has 4 unspecified atom stereocenters. The summed E-state index contributed by atoms with van der Waals surface area (Å²) in [5, 5.41) is 12.2. The molecule has 0 radical (unpaired) electrons. The highest BCUT2D eigenvalue weighted by Gasteiger charge is 2.23. The molecule has 7 nitrogen and oxygen atoms in total.